The van der Waals surface area contributed by atoms with Gasteiger partial charge in [-0.25, -0.2) is 0 Å². The Kier molecular flexibility index (Phi) is 8.72. The van der Waals surface area contributed by atoms with E-state index >= 15 is 0 Å². The number of hydrogen-bond donors (Lipinski definition) is 2. The van der Waals surface area contributed by atoms with Crippen LogP contribution in [-0.2, 0) is 19.1 Å². The average Bonchev–Trinajstić information content (AvgIpc) is 3.13. The van der Waals surface area contributed by atoms with Crippen molar-refractivity contribution in [3.63, 3.8) is 0 Å². The second-order valence-corrected chi connectivity index (χ2v) is 8.87. The summed E-state index contributed by atoms with van der Waals surface area (Å²) in [6.45, 7) is 5.61. The lowest BCUT2D eigenvalue weighted by Gasteiger charge is -2.34. The fourth-order valence-corrected chi connectivity index (χ4v) is 5.31. The zero-order valence-corrected chi connectivity index (χ0v) is 20.4. The molecule has 3 rings (SSSR count). The number of esters is 1. The minimum Gasteiger partial charge on any atom is -0.497 e. The van der Waals surface area contributed by atoms with Crippen LogP contribution in [0.4, 0.5) is 5.69 Å². The number of hydrogen-bond acceptors (Lipinski definition) is 6. The number of methoxy groups -OCH3 is 1. The minimum atomic E-state index is -0.840. The summed E-state index contributed by atoms with van der Waals surface area (Å²) in [5.41, 5.74) is 0.573. The molecule has 8 nitrogen and oxygen atoms in total. The third-order valence-corrected chi connectivity index (χ3v) is 6.93. The molecule has 2 N–H and O–H groups in total. The fraction of sp³-hybridized carbons (Fsp3) is 0.577. The second kappa shape index (κ2) is 11.5. The van der Waals surface area contributed by atoms with Crippen molar-refractivity contribution in [1.82, 2.24) is 4.90 Å². The maximum absolute atomic E-state index is 13.8. The highest BCUT2D eigenvalue weighted by Gasteiger charge is 2.58. The molecule has 0 radical (unpaired) electrons. The van der Waals surface area contributed by atoms with Crippen molar-refractivity contribution in [3.05, 3.63) is 36.4 Å². The predicted octanol–water partition coefficient (Wildman–Crippen LogP) is 3.01. The van der Waals surface area contributed by atoms with E-state index in [2.05, 4.69) is 5.32 Å². The first kappa shape index (κ1) is 25.7. The number of nitrogens with one attached hydrogen (secondary N) is 1. The Morgan fingerprint density at radius 1 is 1.15 bits per heavy atom. The van der Waals surface area contributed by atoms with Crippen molar-refractivity contribution in [1.29, 1.82) is 0 Å². The van der Waals surface area contributed by atoms with Crippen molar-refractivity contribution in [3.8, 4) is 5.75 Å². The molecule has 186 valence electrons. The Balaban J connectivity index is 2.00. The van der Waals surface area contributed by atoms with E-state index in [-0.39, 0.29) is 30.9 Å². The second-order valence-electron chi connectivity index (χ2n) is 8.87. The summed E-state index contributed by atoms with van der Waals surface area (Å²) >= 11 is 0. The molecule has 8 heteroatoms. The number of allylic oxidation sites excluding steroid dienone is 1. The SMILES string of the molecule is CCC[C@@H]1C=C[C@H]2[C@H](C(=O)N([C@@H](CC)CO)[C@@H]2C(=O)Nc2ccc(OC)cc2)[C@@H]1C(=O)OCC. The maximum atomic E-state index is 13.8. The summed E-state index contributed by atoms with van der Waals surface area (Å²) in [5, 5.41) is 12.9. The fourth-order valence-electron chi connectivity index (χ4n) is 5.31. The van der Waals surface area contributed by atoms with Crippen LogP contribution in [0.3, 0.4) is 0 Å². The average molecular weight is 473 g/mol. The zero-order valence-electron chi connectivity index (χ0n) is 20.4. The van der Waals surface area contributed by atoms with Crippen LogP contribution in [0.5, 0.6) is 5.75 Å². The molecule has 0 spiro atoms. The minimum absolute atomic E-state index is 0.131. The molecule has 1 aliphatic carbocycles. The van der Waals surface area contributed by atoms with Gasteiger partial charge in [0.25, 0.3) is 0 Å². The first-order valence-electron chi connectivity index (χ1n) is 12.1. The van der Waals surface area contributed by atoms with Gasteiger partial charge in [0, 0.05) is 11.6 Å². The number of benzene rings is 1. The summed E-state index contributed by atoms with van der Waals surface area (Å²) in [6.07, 6.45) is 5.98. The van der Waals surface area contributed by atoms with E-state index in [1.165, 1.54) is 4.90 Å². The highest BCUT2D eigenvalue weighted by atomic mass is 16.5. The summed E-state index contributed by atoms with van der Waals surface area (Å²) in [5.74, 6) is -2.34. The molecule has 0 unspecified atom stereocenters. The Morgan fingerprint density at radius 2 is 1.85 bits per heavy atom. The van der Waals surface area contributed by atoms with Crippen molar-refractivity contribution < 1.29 is 29.0 Å². The van der Waals surface area contributed by atoms with E-state index in [4.69, 9.17) is 9.47 Å². The Bertz CT molecular complexity index is 895. The quantitative estimate of drug-likeness (QED) is 0.401. The van der Waals surface area contributed by atoms with Crippen LogP contribution in [0.25, 0.3) is 0 Å². The molecular formula is C26H36N2O6. The van der Waals surface area contributed by atoms with Gasteiger partial charge in [0.15, 0.2) is 0 Å². The number of nitrogens with zero attached hydrogens (tertiary/aromatic N) is 1. The zero-order chi connectivity index (χ0) is 24.8. The van der Waals surface area contributed by atoms with Gasteiger partial charge in [-0.3, -0.25) is 14.4 Å². The normalized spacial score (nSPS) is 26.7. The van der Waals surface area contributed by atoms with E-state index < -0.39 is 35.8 Å². The van der Waals surface area contributed by atoms with Gasteiger partial charge < -0.3 is 24.8 Å². The first-order valence-corrected chi connectivity index (χ1v) is 12.1. The molecule has 6 atom stereocenters. The summed E-state index contributed by atoms with van der Waals surface area (Å²) in [6, 6.07) is 5.58. The molecule has 1 heterocycles. The third kappa shape index (κ3) is 4.97. The van der Waals surface area contributed by atoms with Crippen LogP contribution in [-0.4, -0.2) is 60.2 Å². The van der Waals surface area contributed by atoms with Gasteiger partial charge in [0.2, 0.25) is 11.8 Å². The lowest BCUT2D eigenvalue weighted by molar-refractivity contribution is -0.156. The summed E-state index contributed by atoms with van der Waals surface area (Å²) in [7, 11) is 1.57. The van der Waals surface area contributed by atoms with Gasteiger partial charge in [-0.1, -0.05) is 32.4 Å². The molecule has 34 heavy (non-hydrogen) atoms. The van der Waals surface area contributed by atoms with Gasteiger partial charge in [-0.05, 0) is 49.9 Å². The van der Waals surface area contributed by atoms with E-state index in [1.54, 1.807) is 38.3 Å². The summed E-state index contributed by atoms with van der Waals surface area (Å²) in [4.78, 5) is 41.9. The standard InChI is InChI=1S/C26H36N2O6/c1-5-8-16-9-14-20-22(21(16)26(32)34-7-3)25(31)28(18(6-2)15-29)23(20)24(30)27-17-10-12-19(33-4)13-11-17/h9-14,16,18,20-23,29H,5-8,15H2,1-4H3,(H,27,30)/t16-,18+,20+,21-,22+,23+/m1/s1. The van der Waals surface area contributed by atoms with Crippen molar-refractivity contribution in [2.75, 3.05) is 25.6 Å². The first-order chi connectivity index (χ1) is 16.4. The van der Waals surface area contributed by atoms with Gasteiger partial charge in [-0.2, -0.15) is 0 Å². The number of anilines is 1. The van der Waals surface area contributed by atoms with Crippen molar-refractivity contribution >= 4 is 23.5 Å². The lowest BCUT2D eigenvalue weighted by atomic mass is 9.69. The number of ether oxygens (including phenoxy) is 2. The van der Waals surface area contributed by atoms with E-state index in [9.17, 15) is 19.5 Å². The van der Waals surface area contributed by atoms with Crippen LogP contribution < -0.4 is 10.1 Å². The number of carbonyl (C=O) groups is 3. The van der Waals surface area contributed by atoms with Crippen LogP contribution in [0.1, 0.15) is 40.0 Å². The van der Waals surface area contributed by atoms with Gasteiger partial charge in [-0.15, -0.1) is 0 Å². The largest absolute Gasteiger partial charge is 0.497 e. The molecular weight excluding hydrogens is 436 g/mol. The lowest BCUT2D eigenvalue weighted by Crippen LogP contribution is -2.50. The number of carbonyl (C=O) groups excluding carboxylic acids is 3. The van der Waals surface area contributed by atoms with Crippen LogP contribution >= 0.6 is 0 Å². The number of rotatable bonds is 10. The van der Waals surface area contributed by atoms with Crippen LogP contribution in [0.2, 0.25) is 0 Å². The van der Waals surface area contributed by atoms with Gasteiger partial charge in [0.1, 0.15) is 11.8 Å². The third-order valence-electron chi connectivity index (χ3n) is 6.93. The Labute approximate surface area is 201 Å². The van der Waals surface area contributed by atoms with Crippen LogP contribution in [0.15, 0.2) is 36.4 Å². The molecule has 1 saturated heterocycles. The molecule has 0 saturated carbocycles. The molecule has 0 aromatic heterocycles. The predicted molar refractivity (Wildman–Crippen MR) is 128 cm³/mol. The number of fused-ring (bicyclic) bond motifs is 1. The topological polar surface area (TPSA) is 105 Å². The van der Waals surface area contributed by atoms with Crippen LogP contribution in [0, 0.1) is 23.7 Å². The Morgan fingerprint density at radius 3 is 2.41 bits per heavy atom. The number of aliphatic hydroxyl groups excluding tert-OH is 1. The Hall–Kier alpha value is -2.87. The maximum Gasteiger partial charge on any atom is 0.310 e. The van der Waals surface area contributed by atoms with Crippen molar-refractivity contribution in [2.24, 2.45) is 23.7 Å². The van der Waals surface area contributed by atoms with Crippen molar-refractivity contribution in [2.45, 2.75) is 52.1 Å². The van der Waals surface area contributed by atoms with E-state index in [0.29, 0.717) is 17.9 Å². The molecule has 2 amide bonds. The summed E-state index contributed by atoms with van der Waals surface area (Å²) < 4.78 is 10.5. The monoisotopic (exact) mass is 472 g/mol. The number of amides is 2. The van der Waals surface area contributed by atoms with Gasteiger partial charge in [0.05, 0.1) is 38.2 Å². The van der Waals surface area contributed by atoms with Gasteiger partial charge >= 0.3 is 5.97 Å². The smallest absolute Gasteiger partial charge is 0.310 e. The molecule has 1 fully saturated rings. The highest BCUT2D eigenvalue weighted by Crippen LogP contribution is 2.46. The van der Waals surface area contributed by atoms with E-state index in [1.807, 2.05) is 26.0 Å². The molecule has 1 aromatic carbocycles. The molecule has 0 bridgehead atoms. The molecule has 1 aliphatic heterocycles. The molecule has 2 aliphatic rings. The van der Waals surface area contributed by atoms with E-state index in [0.717, 1.165) is 12.8 Å². The highest BCUT2D eigenvalue weighted by molar-refractivity contribution is 6.01. The molecule has 1 aromatic rings. The number of likely N-dealkylation sites (tertiary alicyclic amines) is 1. The number of aliphatic hydroxyl groups is 1.